The molecule has 0 aromatic rings. The van der Waals surface area contributed by atoms with Gasteiger partial charge < -0.3 is 9.16 Å². The minimum atomic E-state index is -1.71. The Hall–Kier alpha value is -0.613. The number of carbonyl (C=O) groups excluding carboxylic acids is 1. The summed E-state index contributed by atoms with van der Waals surface area (Å²) in [6.07, 6.45) is 9.15. The van der Waals surface area contributed by atoms with E-state index in [1.165, 1.54) is 0 Å². The second kappa shape index (κ2) is 11.0. The van der Waals surface area contributed by atoms with Crippen LogP contribution in [0.25, 0.3) is 0 Å². The molecule has 0 heterocycles. The van der Waals surface area contributed by atoms with Crippen molar-refractivity contribution in [2.24, 2.45) is 0 Å². The van der Waals surface area contributed by atoms with Gasteiger partial charge >= 0.3 is 5.97 Å². The van der Waals surface area contributed by atoms with Crippen LogP contribution in [0.4, 0.5) is 0 Å². The van der Waals surface area contributed by atoms with Crippen LogP contribution < -0.4 is 0 Å². The number of esters is 1. The van der Waals surface area contributed by atoms with Gasteiger partial charge in [0.15, 0.2) is 8.32 Å². The predicted octanol–water partition coefficient (Wildman–Crippen LogP) is 5.86. The zero-order valence-corrected chi connectivity index (χ0v) is 17.2. The number of hydrogen-bond donors (Lipinski definition) is 0. The third-order valence-corrected chi connectivity index (χ3v) is 9.20. The molecule has 0 N–H and O–H groups in total. The summed E-state index contributed by atoms with van der Waals surface area (Å²) >= 11 is 0. The Labute approximate surface area is 145 Å². The SMILES string of the molecule is C=CCC(CCCCCCOC(=O)CC)O[Si](C)(C)C(C)(C)C. The summed E-state index contributed by atoms with van der Waals surface area (Å²) in [5.74, 6) is -0.0983. The first-order chi connectivity index (χ1) is 10.6. The van der Waals surface area contributed by atoms with Gasteiger partial charge in [-0.15, -0.1) is 6.58 Å². The van der Waals surface area contributed by atoms with Crippen molar-refractivity contribution in [1.29, 1.82) is 0 Å². The summed E-state index contributed by atoms with van der Waals surface area (Å²) in [7, 11) is -1.71. The maximum atomic E-state index is 11.0. The Morgan fingerprint density at radius 2 is 1.78 bits per heavy atom. The lowest BCUT2D eigenvalue weighted by molar-refractivity contribution is -0.143. The predicted molar refractivity (Wildman–Crippen MR) is 101 cm³/mol. The largest absolute Gasteiger partial charge is 0.466 e. The Morgan fingerprint density at radius 3 is 2.30 bits per heavy atom. The molecule has 1 unspecified atom stereocenters. The smallest absolute Gasteiger partial charge is 0.305 e. The van der Waals surface area contributed by atoms with Crippen LogP contribution in [0, 0.1) is 0 Å². The van der Waals surface area contributed by atoms with Gasteiger partial charge in [0.25, 0.3) is 0 Å². The Bertz CT molecular complexity index is 345. The molecule has 0 aliphatic rings. The number of carbonyl (C=O) groups is 1. The maximum Gasteiger partial charge on any atom is 0.305 e. The number of hydrogen-bond acceptors (Lipinski definition) is 3. The molecular weight excluding hydrogens is 304 g/mol. The van der Waals surface area contributed by atoms with Crippen LogP contribution in [0.2, 0.25) is 18.1 Å². The average Bonchev–Trinajstić information content (AvgIpc) is 2.44. The quantitative estimate of drug-likeness (QED) is 0.193. The van der Waals surface area contributed by atoms with Crippen molar-refractivity contribution in [2.45, 2.75) is 96.9 Å². The molecule has 0 spiro atoms. The molecule has 0 aliphatic carbocycles. The highest BCUT2D eigenvalue weighted by atomic mass is 28.4. The van der Waals surface area contributed by atoms with E-state index < -0.39 is 8.32 Å². The minimum absolute atomic E-state index is 0.0983. The highest BCUT2D eigenvalue weighted by Crippen LogP contribution is 2.38. The molecule has 0 amide bonds. The number of ether oxygens (including phenoxy) is 1. The van der Waals surface area contributed by atoms with Crippen LogP contribution in [0.1, 0.15) is 72.6 Å². The lowest BCUT2D eigenvalue weighted by Gasteiger charge is -2.39. The molecule has 0 saturated heterocycles. The van der Waals surface area contributed by atoms with Crippen LogP contribution in [0.15, 0.2) is 12.7 Å². The van der Waals surface area contributed by atoms with Gasteiger partial charge in [-0.2, -0.15) is 0 Å². The van der Waals surface area contributed by atoms with Gasteiger partial charge in [-0.25, -0.2) is 0 Å². The highest BCUT2D eigenvalue weighted by Gasteiger charge is 2.38. The first-order valence-electron chi connectivity index (χ1n) is 9.08. The van der Waals surface area contributed by atoms with Crippen molar-refractivity contribution in [3.63, 3.8) is 0 Å². The number of unbranched alkanes of at least 4 members (excludes halogenated alkanes) is 3. The molecule has 0 aromatic carbocycles. The zero-order valence-electron chi connectivity index (χ0n) is 16.2. The molecule has 0 radical (unpaired) electrons. The van der Waals surface area contributed by atoms with Crippen LogP contribution in [0.5, 0.6) is 0 Å². The summed E-state index contributed by atoms with van der Waals surface area (Å²) in [5.41, 5.74) is 0. The van der Waals surface area contributed by atoms with Crippen LogP contribution in [0.3, 0.4) is 0 Å². The first kappa shape index (κ1) is 22.4. The molecule has 1 atom stereocenters. The van der Waals surface area contributed by atoms with Crippen LogP contribution >= 0.6 is 0 Å². The molecular formula is C19H38O3Si. The average molecular weight is 343 g/mol. The van der Waals surface area contributed by atoms with E-state index >= 15 is 0 Å². The van der Waals surface area contributed by atoms with Gasteiger partial charge in [0, 0.05) is 12.5 Å². The van der Waals surface area contributed by atoms with Crippen molar-refractivity contribution in [1.82, 2.24) is 0 Å². The molecule has 0 saturated carbocycles. The van der Waals surface area contributed by atoms with Crippen molar-refractivity contribution < 1.29 is 14.0 Å². The van der Waals surface area contributed by atoms with E-state index in [1.807, 2.05) is 13.0 Å². The Kier molecular flexibility index (Phi) is 10.7. The van der Waals surface area contributed by atoms with E-state index in [4.69, 9.17) is 9.16 Å². The zero-order chi connectivity index (χ0) is 17.9. The Morgan fingerprint density at radius 1 is 1.17 bits per heavy atom. The molecule has 0 rings (SSSR count). The third-order valence-electron chi connectivity index (χ3n) is 4.67. The summed E-state index contributed by atoms with van der Waals surface area (Å²) in [4.78, 5) is 11.0. The van der Waals surface area contributed by atoms with Gasteiger partial charge in [-0.3, -0.25) is 4.79 Å². The molecule has 0 aliphatic heterocycles. The van der Waals surface area contributed by atoms with Crippen molar-refractivity contribution in [3.8, 4) is 0 Å². The van der Waals surface area contributed by atoms with Crippen molar-refractivity contribution in [2.75, 3.05) is 6.61 Å². The lowest BCUT2D eigenvalue weighted by Crippen LogP contribution is -2.43. The summed E-state index contributed by atoms with van der Waals surface area (Å²) in [6, 6.07) is 0. The van der Waals surface area contributed by atoms with Crippen molar-refractivity contribution >= 4 is 14.3 Å². The number of rotatable bonds is 12. The third kappa shape index (κ3) is 9.98. The second-order valence-electron chi connectivity index (χ2n) is 7.80. The van der Waals surface area contributed by atoms with Gasteiger partial charge in [-0.1, -0.05) is 53.0 Å². The van der Waals surface area contributed by atoms with E-state index in [0.29, 0.717) is 19.1 Å². The topological polar surface area (TPSA) is 35.5 Å². The fourth-order valence-corrected chi connectivity index (χ4v) is 3.52. The summed E-state index contributed by atoms with van der Waals surface area (Å²) < 4.78 is 11.6. The van der Waals surface area contributed by atoms with Gasteiger partial charge in [-0.05, 0) is 37.4 Å². The van der Waals surface area contributed by atoms with Gasteiger partial charge in [0.05, 0.1) is 6.61 Å². The van der Waals surface area contributed by atoms with E-state index in [-0.39, 0.29) is 11.0 Å². The lowest BCUT2D eigenvalue weighted by atomic mass is 10.1. The Balaban J connectivity index is 4.02. The second-order valence-corrected chi connectivity index (χ2v) is 12.6. The van der Waals surface area contributed by atoms with E-state index in [2.05, 4.69) is 40.4 Å². The molecule has 0 fully saturated rings. The van der Waals surface area contributed by atoms with E-state index in [9.17, 15) is 4.79 Å². The highest BCUT2D eigenvalue weighted by molar-refractivity contribution is 6.74. The van der Waals surface area contributed by atoms with Crippen molar-refractivity contribution in [3.05, 3.63) is 12.7 Å². The summed E-state index contributed by atoms with van der Waals surface area (Å²) in [5, 5.41) is 0.246. The molecule has 3 nitrogen and oxygen atoms in total. The van der Waals surface area contributed by atoms with Crippen LogP contribution in [-0.4, -0.2) is 27.0 Å². The standard InChI is InChI=1S/C19H38O3Si/c1-8-14-17(22-23(6,7)19(3,4)5)15-12-10-11-13-16-21-18(20)9-2/h8,17H,1,9-16H2,2-7H3. The van der Waals surface area contributed by atoms with E-state index in [0.717, 1.165) is 38.5 Å². The van der Waals surface area contributed by atoms with Crippen LogP contribution in [-0.2, 0) is 14.0 Å². The maximum absolute atomic E-state index is 11.0. The summed E-state index contributed by atoms with van der Waals surface area (Å²) in [6.45, 7) is 17.7. The normalized spacial score (nSPS) is 13.7. The fraction of sp³-hybridized carbons (Fsp3) is 0.842. The van der Waals surface area contributed by atoms with Gasteiger partial charge in [0.1, 0.15) is 0 Å². The molecule has 136 valence electrons. The van der Waals surface area contributed by atoms with E-state index in [1.54, 1.807) is 0 Å². The molecule has 23 heavy (non-hydrogen) atoms. The minimum Gasteiger partial charge on any atom is -0.466 e. The molecule has 4 heteroatoms. The monoisotopic (exact) mass is 342 g/mol. The van der Waals surface area contributed by atoms with Gasteiger partial charge in [0.2, 0.25) is 0 Å². The molecule has 0 bridgehead atoms. The fourth-order valence-electron chi connectivity index (χ4n) is 2.12. The first-order valence-corrected chi connectivity index (χ1v) is 12.0. The molecule has 0 aromatic heterocycles.